The molecule has 0 unspecified atom stereocenters. The van der Waals surface area contributed by atoms with Gasteiger partial charge in [0.2, 0.25) is 0 Å². The molecule has 29 heavy (non-hydrogen) atoms. The SMILES string of the molecule is CCCCN1C(=O)/C(=C/c2cn(-c3ccccc3)nc2-c2ccncc2)SC1=S. The Hall–Kier alpha value is -2.77. The van der Waals surface area contributed by atoms with E-state index in [2.05, 4.69) is 11.9 Å². The summed E-state index contributed by atoms with van der Waals surface area (Å²) in [4.78, 5) is 19.3. The summed E-state index contributed by atoms with van der Waals surface area (Å²) in [5.41, 5.74) is 3.58. The normalized spacial score (nSPS) is 15.5. The van der Waals surface area contributed by atoms with E-state index in [1.165, 1.54) is 11.8 Å². The summed E-state index contributed by atoms with van der Waals surface area (Å²) in [5, 5.41) is 4.78. The maximum absolute atomic E-state index is 12.9. The van der Waals surface area contributed by atoms with Gasteiger partial charge >= 0.3 is 0 Å². The highest BCUT2D eigenvalue weighted by molar-refractivity contribution is 8.26. The summed E-state index contributed by atoms with van der Waals surface area (Å²) in [6, 6.07) is 13.8. The van der Waals surface area contributed by atoms with Crippen LogP contribution in [0.1, 0.15) is 25.3 Å². The van der Waals surface area contributed by atoms with Crippen LogP contribution < -0.4 is 0 Å². The molecule has 3 aromatic rings. The first kappa shape index (κ1) is 19.5. The van der Waals surface area contributed by atoms with Crippen LogP contribution in [0.5, 0.6) is 0 Å². The Kier molecular flexibility index (Phi) is 5.87. The first-order chi connectivity index (χ1) is 14.2. The molecule has 5 nitrogen and oxygen atoms in total. The lowest BCUT2D eigenvalue weighted by Gasteiger charge is -2.12. The summed E-state index contributed by atoms with van der Waals surface area (Å²) >= 11 is 6.79. The van der Waals surface area contributed by atoms with E-state index in [0.717, 1.165) is 35.3 Å². The van der Waals surface area contributed by atoms with Crippen LogP contribution >= 0.6 is 24.0 Å². The van der Waals surface area contributed by atoms with Gasteiger partial charge in [-0.15, -0.1) is 0 Å². The average molecular weight is 421 g/mol. The fraction of sp³-hybridized carbons (Fsp3) is 0.182. The molecule has 0 atom stereocenters. The Balaban J connectivity index is 1.75. The number of aromatic nitrogens is 3. The number of para-hydroxylation sites is 1. The van der Waals surface area contributed by atoms with Gasteiger partial charge in [-0.3, -0.25) is 14.7 Å². The molecule has 7 heteroatoms. The van der Waals surface area contributed by atoms with Crippen molar-refractivity contribution in [3.05, 3.63) is 71.5 Å². The molecule has 0 aliphatic carbocycles. The number of benzene rings is 1. The van der Waals surface area contributed by atoms with Crippen molar-refractivity contribution in [1.29, 1.82) is 0 Å². The molecule has 0 bridgehead atoms. The van der Waals surface area contributed by atoms with Crippen molar-refractivity contribution in [3.63, 3.8) is 0 Å². The van der Waals surface area contributed by atoms with Gasteiger partial charge in [0, 0.05) is 36.3 Å². The zero-order valence-corrected chi connectivity index (χ0v) is 17.6. The van der Waals surface area contributed by atoms with Crippen molar-refractivity contribution in [2.75, 3.05) is 6.54 Å². The van der Waals surface area contributed by atoms with E-state index in [4.69, 9.17) is 17.3 Å². The average Bonchev–Trinajstić information content (AvgIpc) is 3.29. The van der Waals surface area contributed by atoms with Gasteiger partial charge in [0.1, 0.15) is 10.0 Å². The van der Waals surface area contributed by atoms with Crippen molar-refractivity contribution in [2.45, 2.75) is 19.8 Å². The molecule has 3 heterocycles. The minimum atomic E-state index is -0.0263. The van der Waals surface area contributed by atoms with Crippen LogP contribution in [0.2, 0.25) is 0 Å². The Morgan fingerprint density at radius 2 is 1.90 bits per heavy atom. The third kappa shape index (κ3) is 4.16. The monoisotopic (exact) mass is 420 g/mol. The predicted molar refractivity (Wildman–Crippen MR) is 122 cm³/mol. The van der Waals surface area contributed by atoms with Crippen molar-refractivity contribution >= 4 is 40.3 Å². The number of unbranched alkanes of at least 4 members (excludes halogenated alkanes) is 1. The summed E-state index contributed by atoms with van der Waals surface area (Å²) < 4.78 is 2.45. The second kappa shape index (κ2) is 8.71. The number of rotatable bonds is 6. The second-order valence-corrected chi connectivity index (χ2v) is 8.31. The molecule has 146 valence electrons. The molecular formula is C22H20N4OS2. The number of pyridine rings is 1. The minimum Gasteiger partial charge on any atom is -0.293 e. The van der Waals surface area contributed by atoms with Crippen molar-refractivity contribution in [1.82, 2.24) is 19.7 Å². The number of carbonyl (C=O) groups excluding carboxylic acids is 1. The van der Waals surface area contributed by atoms with Crippen molar-refractivity contribution in [3.8, 4) is 16.9 Å². The van der Waals surface area contributed by atoms with E-state index in [9.17, 15) is 4.79 Å². The first-order valence-electron chi connectivity index (χ1n) is 9.48. The maximum Gasteiger partial charge on any atom is 0.266 e. The van der Waals surface area contributed by atoms with Crippen LogP contribution in [-0.2, 0) is 4.79 Å². The highest BCUT2D eigenvalue weighted by Crippen LogP contribution is 2.34. The van der Waals surface area contributed by atoms with Crippen LogP contribution in [-0.4, -0.2) is 36.4 Å². The van der Waals surface area contributed by atoms with Crippen LogP contribution in [0, 0.1) is 0 Å². The lowest BCUT2D eigenvalue weighted by Crippen LogP contribution is -2.28. The molecule has 2 aromatic heterocycles. The molecule has 0 spiro atoms. The van der Waals surface area contributed by atoms with Crippen molar-refractivity contribution < 1.29 is 4.79 Å². The largest absolute Gasteiger partial charge is 0.293 e. The summed E-state index contributed by atoms with van der Waals surface area (Å²) in [5.74, 6) is -0.0263. The van der Waals surface area contributed by atoms with Gasteiger partial charge in [-0.1, -0.05) is 55.5 Å². The number of thioether (sulfide) groups is 1. The van der Waals surface area contributed by atoms with Gasteiger partial charge in [0.25, 0.3) is 5.91 Å². The number of nitrogens with zero attached hydrogens (tertiary/aromatic N) is 4. The van der Waals surface area contributed by atoms with E-state index < -0.39 is 0 Å². The number of thiocarbonyl (C=S) groups is 1. The number of carbonyl (C=O) groups is 1. The first-order valence-corrected chi connectivity index (χ1v) is 10.7. The zero-order chi connectivity index (χ0) is 20.2. The summed E-state index contributed by atoms with van der Waals surface area (Å²) in [6.07, 6.45) is 9.28. The molecule has 0 saturated carbocycles. The summed E-state index contributed by atoms with van der Waals surface area (Å²) in [7, 11) is 0. The third-order valence-electron chi connectivity index (χ3n) is 4.61. The Labute approximate surface area is 179 Å². The van der Waals surface area contributed by atoms with Gasteiger partial charge in [-0.25, -0.2) is 4.68 Å². The molecule has 1 fully saturated rings. The van der Waals surface area contributed by atoms with E-state index in [0.29, 0.717) is 15.8 Å². The fourth-order valence-electron chi connectivity index (χ4n) is 3.09. The van der Waals surface area contributed by atoms with Gasteiger partial charge in [0.15, 0.2) is 0 Å². The lowest BCUT2D eigenvalue weighted by molar-refractivity contribution is -0.122. The predicted octanol–water partition coefficient (Wildman–Crippen LogP) is 4.94. The van der Waals surface area contributed by atoms with Gasteiger partial charge in [0.05, 0.1) is 10.6 Å². The Morgan fingerprint density at radius 1 is 1.14 bits per heavy atom. The fourth-order valence-corrected chi connectivity index (χ4v) is 4.39. The second-order valence-electron chi connectivity index (χ2n) is 6.64. The maximum atomic E-state index is 12.9. The third-order valence-corrected chi connectivity index (χ3v) is 5.99. The molecule has 1 aliphatic rings. The minimum absolute atomic E-state index is 0.0263. The molecule has 1 aromatic carbocycles. The highest BCUT2D eigenvalue weighted by Gasteiger charge is 2.31. The van der Waals surface area contributed by atoms with E-state index >= 15 is 0 Å². The van der Waals surface area contributed by atoms with Crippen LogP contribution in [0.25, 0.3) is 23.0 Å². The van der Waals surface area contributed by atoms with Crippen LogP contribution in [0.4, 0.5) is 0 Å². The quantitative estimate of drug-likeness (QED) is 0.418. The van der Waals surface area contributed by atoms with Gasteiger partial charge in [-0.2, -0.15) is 5.10 Å². The molecule has 0 radical (unpaired) electrons. The zero-order valence-electron chi connectivity index (χ0n) is 16.0. The number of hydrogen-bond acceptors (Lipinski definition) is 5. The van der Waals surface area contributed by atoms with Crippen LogP contribution in [0.3, 0.4) is 0 Å². The Morgan fingerprint density at radius 3 is 2.62 bits per heavy atom. The van der Waals surface area contributed by atoms with E-state index in [1.54, 1.807) is 17.3 Å². The van der Waals surface area contributed by atoms with E-state index in [1.807, 2.05) is 59.4 Å². The smallest absolute Gasteiger partial charge is 0.266 e. The lowest BCUT2D eigenvalue weighted by atomic mass is 10.1. The molecular weight excluding hydrogens is 400 g/mol. The topological polar surface area (TPSA) is 51.0 Å². The highest BCUT2D eigenvalue weighted by atomic mass is 32.2. The molecule has 1 aliphatic heterocycles. The summed E-state index contributed by atoms with van der Waals surface area (Å²) in [6.45, 7) is 2.77. The number of hydrogen-bond donors (Lipinski definition) is 0. The van der Waals surface area contributed by atoms with Crippen LogP contribution in [0.15, 0.2) is 66.0 Å². The standard InChI is InChI=1S/C22H20N4OS2/c1-2-3-13-25-21(27)19(29-22(25)28)14-17-15-26(18-7-5-4-6-8-18)24-20(17)16-9-11-23-12-10-16/h4-12,14-15H,2-3,13H2,1H3/b19-14-. The van der Waals surface area contributed by atoms with Crippen molar-refractivity contribution in [2.24, 2.45) is 0 Å². The van der Waals surface area contributed by atoms with E-state index in [-0.39, 0.29) is 5.91 Å². The molecule has 1 saturated heterocycles. The molecule has 0 N–H and O–H groups in total. The van der Waals surface area contributed by atoms with Gasteiger partial charge in [-0.05, 0) is 36.8 Å². The molecule has 1 amide bonds. The van der Waals surface area contributed by atoms with Gasteiger partial charge < -0.3 is 0 Å². The molecule has 4 rings (SSSR count). The Bertz CT molecular complexity index is 1060. The number of amides is 1.